The fraction of sp³-hybridized carbons (Fsp3) is 0.878. The van der Waals surface area contributed by atoms with E-state index in [0.29, 0.717) is 19.3 Å². The van der Waals surface area contributed by atoms with E-state index in [2.05, 4.69) is 50.4 Å². The monoisotopic (exact) mass is 776 g/mol. The number of allylic oxidation sites excluding steroid dienone is 4. The number of unbranched alkanes of at least 4 members (excludes halogenated alkanes) is 27. The predicted molar refractivity (Wildman–Crippen MR) is 236 cm³/mol. The van der Waals surface area contributed by atoms with E-state index >= 15 is 0 Å². The lowest BCUT2D eigenvalue weighted by atomic mass is 10.0. The van der Waals surface area contributed by atoms with Crippen molar-refractivity contribution in [3.8, 4) is 0 Å². The number of amides is 1. The van der Waals surface area contributed by atoms with Crippen molar-refractivity contribution in [1.29, 1.82) is 0 Å². The highest BCUT2D eigenvalue weighted by molar-refractivity contribution is 5.77. The zero-order valence-corrected chi connectivity index (χ0v) is 36.8. The predicted octanol–water partition coefficient (Wildman–Crippen LogP) is 14.0. The van der Waals surface area contributed by atoms with Crippen molar-refractivity contribution in [1.82, 2.24) is 5.32 Å². The van der Waals surface area contributed by atoms with Gasteiger partial charge in [0.25, 0.3) is 0 Å². The average molecular weight is 776 g/mol. The van der Waals surface area contributed by atoms with Crippen LogP contribution in [0.15, 0.2) is 24.3 Å². The van der Waals surface area contributed by atoms with Crippen LogP contribution >= 0.6 is 0 Å². The van der Waals surface area contributed by atoms with E-state index in [1.807, 2.05) is 0 Å². The Morgan fingerprint density at radius 1 is 0.509 bits per heavy atom. The molecule has 0 aromatic carbocycles. The Bertz CT molecular complexity index is 873. The van der Waals surface area contributed by atoms with Gasteiger partial charge in [-0.05, 0) is 70.6 Å². The van der Waals surface area contributed by atoms with E-state index in [1.165, 1.54) is 135 Å². The first-order valence-corrected chi connectivity index (χ1v) is 24.1. The van der Waals surface area contributed by atoms with Crippen molar-refractivity contribution < 1.29 is 24.5 Å². The normalized spacial score (nSPS) is 13.5. The molecule has 324 valence electrons. The van der Waals surface area contributed by atoms with Gasteiger partial charge in [0.15, 0.2) is 0 Å². The van der Waals surface area contributed by atoms with Crippen molar-refractivity contribution >= 4 is 11.9 Å². The third-order valence-electron chi connectivity index (χ3n) is 11.0. The molecule has 6 nitrogen and oxygen atoms in total. The number of ether oxygens (including phenoxy) is 1. The third kappa shape index (κ3) is 39.0. The van der Waals surface area contributed by atoms with Gasteiger partial charge in [0.05, 0.1) is 25.2 Å². The highest BCUT2D eigenvalue weighted by Gasteiger charge is 2.24. The lowest BCUT2D eigenvalue weighted by molar-refractivity contribution is -0.151. The first-order chi connectivity index (χ1) is 27.0. The largest absolute Gasteiger partial charge is 0.462 e. The molecule has 0 bridgehead atoms. The molecule has 55 heavy (non-hydrogen) atoms. The Morgan fingerprint density at radius 3 is 1.36 bits per heavy atom. The lowest BCUT2D eigenvalue weighted by Crippen LogP contribution is -2.46. The Hall–Kier alpha value is -1.66. The number of hydrogen-bond donors (Lipinski definition) is 3. The van der Waals surface area contributed by atoms with Crippen LogP contribution in [-0.2, 0) is 14.3 Å². The van der Waals surface area contributed by atoms with E-state index in [9.17, 15) is 19.8 Å². The number of rotatable bonds is 43. The second-order valence-corrected chi connectivity index (χ2v) is 16.5. The van der Waals surface area contributed by atoms with Crippen LogP contribution in [-0.4, -0.2) is 46.9 Å². The molecule has 3 N–H and O–H groups in total. The van der Waals surface area contributed by atoms with Gasteiger partial charge in [0, 0.05) is 6.42 Å². The highest BCUT2D eigenvalue weighted by Crippen LogP contribution is 2.17. The minimum absolute atomic E-state index is 0.0678. The molecule has 0 aliphatic rings. The molecular formula is C49H93NO5. The van der Waals surface area contributed by atoms with Gasteiger partial charge >= 0.3 is 5.97 Å². The van der Waals surface area contributed by atoms with Gasteiger partial charge in [-0.2, -0.15) is 0 Å². The minimum atomic E-state index is -0.786. The summed E-state index contributed by atoms with van der Waals surface area (Å²) in [6.45, 7) is 6.42. The summed E-state index contributed by atoms with van der Waals surface area (Å²) in [6, 6.07) is -0.701. The quantitative estimate of drug-likeness (QED) is 0.0326. The topological polar surface area (TPSA) is 95.9 Å². The van der Waals surface area contributed by atoms with Crippen molar-refractivity contribution in [2.45, 2.75) is 270 Å². The number of aliphatic hydroxyl groups excluding tert-OH is 2. The molecule has 0 aromatic heterocycles. The molecule has 0 fully saturated rings. The second kappa shape index (κ2) is 43.5. The summed E-state index contributed by atoms with van der Waals surface area (Å²) in [5.41, 5.74) is 0. The molecule has 0 rings (SSSR count). The molecule has 3 atom stereocenters. The summed E-state index contributed by atoms with van der Waals surface area (Å²) in [7, 11) is 0. The molecule has 6 heteroatoms. The minimum Gasteiger partial charge on any atom is -0.462 e. The maximum absolute atomic E-state index is 13.1. The van der Waals surface area contributed by atoms with Crippen LogP contribution in [0.3, 0.4) is 0 Å². The van der Waals surface area contributed by atoms with Gasteiger partial charge in [-0.25, -0.2) is 0 Å². The Morgan fingerprint density at radius 2 is 0.891 bits per heavy atom. The maximum Gasteiger partial charge on any atom is 0.306 e. The maximum atomic E-state index is 13.1. The number of hydrogen-bond acceptors (Lipinski definition) is 5. The van der Waals surface area contributed by atoms with Gasteiger partial charge in [0.1, 0.15) is 6.10 Å². The van der Waals surface area contributed by atoms with Gasteiger partial charge in [-0.3, -0.25) is 9.59 Å². The van der Waals surface area contributed by atoms with Crippen molar-refractivity contribution in [2.75, 3.05) is 6.61 Å². The van der Waals surface area contributed by atoms with Crippen LogP contribution in [0.2, 0.25) is 0 Å². The molecule has 0 spiro atoms. The fourth-order valence-electron chi connectivity index (χ4n) is 7.29. The van der Waals surface area contributed by atoms with Gasteiger partial charge in [-0.15, -0.1) is 0 Å². The summed E-state index contributed by atoms with van der Waals surface area (Å²) < 4.78 is 5.89. The summed E-state index contributed by atoms with van der Waals surface area (Å²) in [5.74, 6) is -0.491. The van der Waals surface area contributed by atoms with Crippen molar-refractivity contribution in [2.24, 2.45) is 0 Å². The molecule has 0 heterocycles. The van der Waals surface area contributed by atoms with E-state index in [4.69, 9.17) is 4.74 Å². The molecule has 3 unspecified atom stereocenters. The van der Waals surface area contributed by atoms with Gasteiger partial charge in [0.2, 0.25) is 5.91 Å². The van der Waals surface area contributed by atoms with Crippen LogP contribution in [0.4, 0.5) is 0 Å². The van der Waals surface area contributed by atoms with Crippen molar-refractivity contribution in [3.63, 3.8) is 0 Å². The van der Waals surface area contributed by atoms with Crippen LogP contribution < -0.4 is 5.32 Å². The highest BCUT2D eigenvalue weighted by atomic mass is 16.5. The van der Waals surface area contributed by atoms with Crippen LogP contribution in [0, 0.1) is 0 Å². The Labute approximate surface area is 341 Å². The van der Waals surface area contributed by atoms with Crippen molar-refractivity contribution in [3.05, 3.63) is 24.3 Å². The summed E-state index contributed by atoms with van der Waals surface area (Å²) in [6.07, 6.45) is 48.2. The second-order valence-electron chi connectivity index (χ2n) is 16.5. The summed E-state index contributed by atoms with van der Waals surface area (Å²) >= 11 is 0. The first kappa shape index (κ1) is 53.3. The van der Waals surface area contributed by atoms with E-state index in [-0.39, 0.29) is 24.9 Å². The smallest absolute Gasteiger partial charge is 0.306 e. The van der Waals surface area contributed by atoms with E-state index in [0.717, 1.165) is 70.6 Å². The molecule has 1 amide bonds. The molecule has 0 aliphatic carbocycles. The molecule has 0 radical (unpaired) electrons. The zero-order chi connectivity index (χ0) is 40.3. The number of esters is 1. The third-order valence-corrected chi connectivity index (χ3v) is 11.0. The molecule has 0 aliphatic heterocycles. The number of carbonyl (C=O) groups is 2. The van der Waals surface area contributed by atoms with Gasteiger partial charge in [-0.1, -0.05) is 193 Å². The molecule has 0 saturated carbocycles. The number of carbonyl (C=O) groups excluding carboxylic acids is 2. The Kier molecular flexibility index (Phi) is 42.2. The van der Waals surface area contributed by atoms with Crippen LogP contribution in [0.25, 0.3) is 0 Å². The SMILES string of the molecule is CCCC/C=C\CCCCCC(CC(=O)NC(CO)C(O)CCCCCCCCCCCC)OC(=O)CCCCCCCCC/C=C/CCCCCCCC. The standard InChI is InChI=1S/C49H93NO5/c1-4-7-10-13-16-19-21-22-23-24-25-26-27-30-33-36-39-42-49(54)55-45(40-37-34-31-28-18-15-12-9-6-3)43-48(53)50-46(44-51)47(52)41-38-35-32-29-20-17-14-11-8-5-2/h15,18,22-23,45-47,51-52H,4-14,16-17,19-21,24-44H2,1-3H3,(H,50,53)/b18-15-,23-22+. The van der Waals surface area contributed by atoms with Crippen LogP contribution in [0.5, 0.6) is 0 Å². The lowest BCUT2D eigenvalue weighted by Gasteiger charge is -2.24. The average Bonchev–Trinajstić information content (AvgIpc) is 3.18. The first-order valence-electron chi connectivity index (χ1n) is 24.1. The molecule has 0 aromatic rings. The summed E-state index contributed by atoms with van der Waals surface area (Å²) in [5, 5.41) is 23.6. The number of nitrogens with one attached hydrogen (secondary N) is 1. The van der Waals surface area contributed by atoms with E-state index < -0.39 is 18.2 Å². The van der Waals surface area contributed by atoms with Gasteiger partial charge < -0.3 is 20.3 Å². The fourth-order valence-corrected chi connectivity index (χ4v) is 7.29. The molecular weight excluding hydrogens is 683 g/mol. The Balaban J connectivity index is 4.47. The number of aliphatic hydroxyl groups is 2. The van der Waals surface area contributed by atoms with Crippen LogP contribution in [0.1, 0.15) is 252 Å². The summed E-state index contributed by atoms with van der Waals surface area (Å²) in [4.78, 5) is 26.0. The van der Waals surface area contributed by atoms with E-state index in [1.54, 1.807) is 0 Å². The zero-order valence-electron chi connectivity index (χ0n) is 36.8. The molecule has 0 saturated heterocycles.